The lowest BCUT2D eigenvalue weighted by Crippen LogP contribution is -2.23. The average molecular weight is 1940 g/mol. The summed E-state index contributed by atoms with van der Waals surface area (Å²) in [7, 11) is 0. The normalized spacial score (nSPS) is 11.0. The van der Waals surface area contributed by atoms with Crippen LogP contribution in [0.4, 0.5) is 0 Å². The third kappa shape index (κ3) is 38.7. The number of hydrogen-bond donors (Lipinski definition) is 14. The average Bonchev–Trinajstić information content (AvgIpc) is 1.61. The Balaban J connectivity index is 0.000000219. The van der Waals surface area contributed by atoms with Crippen molar-refractivity contribution in [3.63, 3.8) is 0 Å². The standard InChI is InChI=1S/C39H48N4O4.C38H49N3O4.C35H51N11O4/c1-2-3-14-44-34-21-31(22-35(26-34)45-15-6-11-40)29-18-30(20-33(19-29)39-25-28-9-4-5-10-38(28)43-39)32-23-36(46-16-7-12-41)27-37(24-32)47-17-8-13-42;1-3-4-15-42-35-22-33(23-36(26-35)43-16-5-12-39)31-19-30(29-10-8-28(2)9-11-29)20-32(21-31)34-24-37(44-17-6-13-40)27-38(25-34)45-18-7-14-41;1-24(36)43-9-3-13-47-29-18-27(19-30(22-29)48-14-4-10-44-33(37)38)25-7-2-8-26(17-25)28-20-31(49-15-5-11-45-34(39)40)23-32(21-28)50-16-6-12-46-35(41)42/h4-5,9-10,18-27,43H,2-3,6-8,11-17,40-42H2,1H3;8-11,19-27H,3-7,12-18,39-41H2,1-2H3;2,7-8,17-23H,3-6,9-16H2,1H3,(H2,36,43)(H4,37,38,44)(H4,39,40,45)(H4,41,42,46). The maximum atomic E-state index is 6.19. The highest BCUT2D eigenvalue weighted by Crippen LogP contribution is 2.43. The number of hydrogen-bond acceptors (Lipinski definition) is 22. The number of rotatable bonds is 60. The van der Waals surface area contributed by atoms with Gasteiger partial charge in [-0.25, -0.2) is 0 Å². The molecule has 0 saturated carbocycles. The van der Waals surface area contributed by atoms with E-state index in [2.05, 4.69) is 185 Å². The van der Waals surface area contributed by atoms with Crippen molar-refractivity contribution >= 4 is 34.6 Å². The molecular weight excluding hydrogens is 1790 g/mol. The molecule has 0 aliphatic heterocycles. The Labute approximate surface area is 836 Å². The van der Waals surface area contributed by atoms with Gasteiger partial charge in [0.1, 0.15) is 69.0 Å². The number of para-hydroxylation sites is 1. The van der Waals surface area contributed by atoms with E-state index in [1.807, 2.05) is 84.9 Å². The molecular formula is C112H148N18O12. The highest BCUT2D eigenvalue weighted by atomic mass is 16.5. The highest BCUT2D eigenvalue weighted by Gasteiger charge is 2.20. The van der Waals surface area contributed by atoms with Gasteiger partial charge in [-0.05, 0) is 315 Å². The minimum Gasteiger partial charge on any atom is -0.493 e. The fourth-order valence-electron chi connectivity index (χ4n) is 14.7. The first-order valence-corrected chi connectivity index (χ1v) is 49.4. The number of amidine groups is 1. The number of H-pyrrole nitrogens is 1. The summed E-state index contributed by atoms with van der Waals surface area (Å²) < 4.78 is 73.4. The topological polar surface area (TPSA) is 514 Å². The number of aromatic nitrogens is 1. The first-order chi connectivity index (χ1) is 69.2. The Hall–Kier alpha value is -14.4. The molecule has 0 unspecified atom stereocenters. The van der Waals surface area contributed by atoms with E-state index in [9.17, 15) is 0 Å². The summed E-state index contributed by atoms with van der Waals surface area (Å²) >= 11 is 0. The van der Waals surface area contributed by atoms with Gasteiger partial charge in [0.15, 0.2) is 17.9 Å². The first-order valence-electron chi connectivity index (χ1n) is 49.4. The van der Waals surface area contributed by atoms with E-state index in [0.717, 1.165) is 210 Å². The Morgan fingerprint density at radius 2 is 0.465 bits per heavy atom. The van der Waals surface area contributed by atoms with E-state index in [1.54, 1.807) is 6.92 Å². The second kappa shape index (κ2) is 61.2. The number of aryl methyl sites for hydroxylation is 1. The minimum absolute atomic E-state index is 0.0502. The van der Waals surface area contributed by atoms with E-state index in [-0.39, 0.29) is 17.9 Å². The number of nitrogens with zero attached hydrogens (tertiary/aromatic N) is 4. The summed E-state index contributed by atoms with van der Waals surface area (Å²) in [5.41, 5.74) is 91.2. The van der Waals surface area contributed by atoms with Crippen molar-refractivity contribution in [3.05, 3.63) is 230 Å². The molecule has 142 heavy (non-hydrogen) atoms. The van der Waals surface area contributed by atoms with Gasteiger partial charge in [-0.3, -0.25) is 20.0 Å². The molecule has 0 saturated heterocycles. The van der Waals surface area contributed by atoms with Gasteiger partial charge >= 0.3 is 0 Å². The van der Waals surface area contributed by atoms with Gasteiger partial charge in [0.2, 0.25) is 0 Å². The molecule has 11 aromatic carbocycles. The highest BCUT2D eigenvalue weighted by molar-refractivity contribution is 5.90. The number of nitrogens with one attached hydrogen (secondary N) is 1. The van der Waals surface area contributed by atoms with Crippen molar-refractivity contribution in [2.45, 2.75) is 118 Å². The maximum Gasteiger partial charge on any atom is 0.185 e. The van der Waals surface area contributed by atoms with Gasteiger partial charge in [-0.1, -0.05) is 92.9 Å². The zero-order valence-electron chi connectivity index (χ0n) is 83.0. The molecule has 1 aromatic heterocycles. The van der Waals surface area contributed by atoms with Gasteiger partial charge in [0.05, 0.1) is 85.1 Å². The third-order valence-electron chi connectivity index (χ3n) is 22.0. The molecule has 0 spiro atoms. The summed E-state index contributed by atoms with van der Waals surface area (Å²) in [5.74, 6) is 9.38. The van der Waals surface area contributed by atoms with Crippen LogP contribution in [0.2, 0.25) is 0 Å². The van der Waals surface area contributed by atoms with Gasteiger partial charge in [0, 0.05) is 105 Å². The number of ether oxygens (including phenoxy) is 12. The van der Waals surface area contributed by atoms with Gasteiger partial charge in [-0.2, -0.15) is 0 Å². The SMILES string of the molecule is CC(N)=NCCCOc1cc(OCCCN=C(N)N)cc(-c2cccc(-c3cc(OCCCN=C(N)N)cc(OCCCN=C(N)N)c3)c2)c1.CCCCOc1cc(OCCCN)cc(-c2cc(-c3cc(OCCCN)cc(OCCCN)c3)cc(-c3cc4ccccc4[nH]3)c2)c1.CCCCOc1cc(OCCCN)cc(-c2cc(-c3ccc(C)cc3)cc(-c3cc(OCCCN)cc(OCCCN)c3)c2)c1. The van der Waals surface area contributed by atoms with E-state index in [0.29, 0.717) is 199 Å². The lowest BCUT2D eigenvalue weighted by atomic mass is 9.92. The van der Waals surface area contributed by atoms with Crippen LogP contribution in [0.3, 0.4) is 0 Å². The van der Waals surface area contributed by atoms with Crippen molar-refractivity contribution in [1.29, 1.82) is 0 Å². The van der Waals surface area contributed by atoms with Gasteiger partial charge < -0.3 is 136 Å². The summed E-state index contributed by atoms with van der Waals surface area (Å²) in [6.07, 6.45) is 11.4. The molecule has 0 amide bonds. The van der Waals surface area contributed by atoms with Gasteiger partial charge in [0.25, 0.3) is 0 Å². The molecule has 27 N–H and O–H groups in total. The monoisotopic (exact) mass is 1940 g/mol. The zero-order valence-corrected chi connectivity index (χ0v) is 83.0. The summed E-state index contributed by atoms with van der Waals surface area (Å²) in [6, 6.07) is 76.6. The lowest BCUT2D eigenvalue weighted by molar-refractivity contribution is 0.296. The third-order valence-corrected chi connectivity index (χ3v) is 22.0. The zero-order chi connectivity index (χ0) is 101. The Bertz CT molecular complexity index is 5420. The van der Waals surface area contributed by atoms with E-state index in [1.165, 1.54) is 5.56 Å². The van der Waals surface area contributed by atoms with Gasteiger partial charge in [-0.15, -0.1) is 0 Å². The minimum atomic E-state index is 0.0502. The number of unbranched alkanes of at least 4 members (excludes halogenated alkanes) is 2. The van der Waals surface area contributed by atoms with Crippen LogP contribution in [0.5, 0.6) is 69.0 Å². The molecule has 0 fully saturated rings. The quantitative estimate of drug-likeness (QED) is 0.00956. The molecule has 30 heteroatoms. The van der Waals surface area contributed by atoms with Crippen molar-refractivity contribution < 1.29 is 56.8 Å². The van der Waals surface area contributed by atoms with Crippen LogP contribution >= 0.6 is 0 Å². The predicted octanol–water partition coefficient (Wildman–Crippen LogP) is 17.2. The van der Waals surface area contributed by atoms with Crippen LogP contribution < -0.4 is 131 Å². The molecule has 0 atom stereocenters. The largest absolute Gasteiger partial charge is 0.493 e. The van der Waals surface area contributed by atoms with Crippen LogP contribution in [0, 0.1) is 6.92 Å². The number of benzene rings is 11. The maximum absolute atomic E-state index is 6.19. The van der Waals surface area contributed by atoms with Crippen LogP contribution in [-0.4, -0.2) is 173 Å². The number of nitrogens with two attached hydrogens (primary N) is 13. The smallest absolute Gasteiger partial charge is 0.185 e. The molecule has 0 aliphatic rings. The molecule has 0 radical (unpaired) electrons. The summed E-state index contributed by atoms with van der Waals surface area (Å²) in [5, 5.41) is 1.15. The fraction of sp³-hybridized carbons (Fsp3) is 0.357. The Kier molecular flexibility index (Phi) is 47.3. The van der Waals surface area contributed by atoms with E-state index < -0.39 is 0 Å². The Morgan fingerprint density at radius 3 is 0.725 bits per heavy atom. The lowest BCUT2D eigenvalue weighted by Gasteiger charge is -2.16. The fourth-order valence-corrected chi connectivity index (χ4v) is 14.7. The predicted molar refractivity (Wildman–Crippen MR) is 580 cm³/mol. The van der Waals surface area contributed by atoms with E-state index >= 15 is 0 Å². The van der Waals surface area contributed by atoms with Crippen molar-refractivity contribution in [2.75, 3.05) is 145 Å². The second-order valence-electron chi connectivity index (χ2n) is 34.1. The van der Waals surface area contributed by atoms with Crippen molar-refractivity contribution in [2.24, 2.45) is 94.5 Å². The Morgan fingerprint density at radius 1 is 0.232 bits per heavy atom. The number of fused-ring (bicyclic) bond motifs is 1. The second-order valence-corrected chi connectivity index (χ2v) is 34.1. The number of aliphatic imine (C=N–C) groups is 4. The van der Waals surface area contributed by atoms with Crippen molar-refractivity contribution in [1.82, 2.24) is 4.98 Å². The number of aromatic amines is 1. The van der Waals surface area contributed by atoms with Crippen LogP contribution in [0.1, 0.15) is 116 Å². The molecule has 1 heterocycles. The van der Waals surface area contributed by atoms with Crippen molar-refractivity contribution in [3.8, 4) is 158 Å². The van der Waals surface area contributed by atoms with Crippen LogP contribution in [0.25, 0.3) is 100 Å². The summed E-state index contributed by atoms with van der Waals surface area (Å²) in [4.78, 5) is 19.9. The summed E-state index contributed by atoms with van der Waals surface area (Å²) in [6.45, 7) is 19.8. The number of guanidine groups is 3. The molecule has 0 aliphatic carbocycles. The molecule has 12 rings (SSSR count). The molecule has 758 valence electrons. The van der Waals surface area contributed by atoms with Crippen LogP contribution in [0.15, 0.2) is 244 Å². The van der Waals surface area contributed by atoms with Crippen LogP contribution in [-0.2, 0) is 0 Å². The first kappa shape index (κ1) is 110. The van der Waals surface area contributed by atoms with E-state index in [4.69, 9.17) is 131 Å². The molecule has 12 aromatic rings. The molecule has 30 nitrogen and oxygen atoms in total. The molecule has 0 bridgehead atoms.